The predicted octanol–water partition coefficient (Wildman–Crippen LogP) is 6.16. The first-order valence-electron chi connectivity index (χ1n) is 21.5. The molecule has 9 rings (SSSR count). The number of aromatic nitrogens is 5. The zero-order chi connectivity index (χ0) is 45.4. The number of piperazine rings is 1. The molecule has 3 aliphatic rings. The van der Waals surface area contributed by atoms with E-state index in [2.05, 4.69) is 51.6 Å². The van der Waals surface area contributed by atoms with E-state index in [-0.39, 0.29) is 24.1 Å². The number of rotatable bonds is 9. The Morgan fingerprint density at radius 2 is 1.81 bits per heavy atom. The van der Waals surface area contributed by atoms with Crippen molar-refractivity contribution in [2.45, 2.75) is 90.8 Å². The second kappa shape index (κ2) is 15.8. The maximum Gasteiger partial charge on any atom is 0.315 e. The largest absolute Gasteiger partial charge is 0.495 e. The summed E-state index contributed by atoms with van der Waals surface area (Å²) < 4.78 is 27.4. The van der Waals surface area contributed by atoms with E-state index in [1.807, 2.05) is 65.8 Å². The summed E-state index contributed by atoms with van der Waals surface area (Å²) in [4.78, 5) is 74.3. The topological polar surface area (TPSA) is 192 Å². The van der Waals surface area contributed by atoms with Crippen LogP contribution < -0.4 is 25.2 Å². The quantitative estimate of drug-likeness (QED) is 0.141. The number of piperidine rings is 1. The maximum atomic E-state index is 16.2. The van der Waals surface area contributed by atoms with Gasteiger partial charge in [-0.15, -0.1) is 0 Å². The van der Waals surface area contributed by atoms with E-state index in [0.29, 0.717) is 52.4 Å². The third kappa shape index (κ3) is 7.40. The number of hydrogen-bond donors (Lipinski definition) is 3. The van der Waals surface area contributed by atoms with E-state index in [1.54, 1.807) is 25.0 Å². The van der Waals surface area contributed by atoms with Gasteiger partial charge >= 0.3 is 11.8 Å². The van der Waals surface area contributed by atoms with Crippen LogP contribution in [0.1, 0.15) is 99.2 Å². The van der Waals surface area contributed by atoms with Crippen LogP contribution >= 0.6 is 0 Å². The van der Waals surface area contributed by atoms with Gasteiger partial charge < -0.3 is 24.5 Å². The molecule has 6 aromatic rings. The van der Waals surface area contributed by atoms with Crippen molar-refractivity contribution in [3.05, 3.63) is 88.6 Å². The number of imide groups is 1. The number of hydrogen-bond acceptors (Lipinski definition) is 12. The number of carbonyl (C=O) groups excluding carboxylic acids is 4. The number of amides is 4. The van der Waals surface area contributed by atoms with Crippen LogP contribution in [-0.2, 0) is 31.8 Å². The normalized spacial score (nSPS) is 18.5. The summed E-state index contributed by atoms with van der Waals surface area (Å²) in [5, 5.41) is 10.6. The Kier molecular flexibility index (Phi) is 10.5. The van der Waals surface area contributed by atoms with Crippen molar-refractivity contribution in [3.8, 4) is 17.0 Å². The highest BCUT2D eigenvalue weighted by Gasteiger charge is 2.49. The van der Waals surface area contributed by atoms with Gasteiger partial charge in [-0.3, -0.25) is 34.3 Å². The number of aromatic amines is 1. The highest BCUT2D eigenvalue weighted by Crippen LogP contribution is 2.45. The lowest BCUT2D eigenvalue weighted by molar-refractivity contribution is -0.136. The van der Waals surface area contributed by atoms with Gasteiger partial charge in [-0.1, -0.05) is 38.1 Å². The van der Waals surface area contributed by atoms with E-state index in [4.69, 9.17) is 9.26 Å². The smallest absolute Gasteiger partial charge is 0.315 e. The number of aryl methyl sites for hydroxylation is 1. The number of benzene rings is 3. The van der Waals surface area contributed by atoms with Crippen LogP contribution in [-0.4, -0.2) is 93.0 Å². The second-order valence-electron chi connectivity index (χ2n) is 18.6. The number of halogens is 1. The minimum absolute atomic E-state index is 0.144. The summed E-state index contributed by atoms with van der Waals surface area (Å²) in [5.41, 5.74) is 5.80. The molecule has 3 aromatic heterocycles. The SMILES string of the molecule is COc1cc2c(cc1N1CCN(Cc3ccc4c(c3)C(C)(C)C(=O)N4C3CCC(=O)NC3=O)CC1)[nH]c1ncnc(-c3cc(C)c([C@@H](C)NC(=O)c4nc(C(C)(C)C)no4)cc3F)c12. The standard InChI is InChI=1S/C47H51FN10O6/c1-24-17-28(31(48)19-27(24)25(2)51-42(61)43-54-44(55-64-43)46(3,4)5)39-38-29-20-36(63-8)35(21-32(29)52-40(38)50-23-49-39)57-15-13-56(14-16-57)22-26-9-10-33-30(18-26)47(6,7)45(62)58(33)34-11-12-37(59)53-41(34)60/h9-10,17-21,23,25,34H,11-16,22H2,1-8H3,(H,51,61)(H,49,50,52)(H,53,59,60)/t25-,34?/m1/s1. The molecule has 6 heterocycles. The molecular weight excluding hydrogens is 820 g/mol. The molecule has 4 amide bonds. The van der Waals surface area contributed by atoms with Crippen molar-refractivity contribution < 1.29 is 32.8 Å². The molecule has 64 heavy (non-hydrogen) atoms. The Balaban J connectivity index is 0.918. The lowest BCUT2D eigenvalue weighted by atomic mass is 9.85. The predicted molar refractivity (Wildman–Crippen MR) is 238 cm³/mol. The first-order valence-corrected chi connectivity index (χ1v) is 21.5. The molecule has 1 unspecified atom stereocenters. The zero-order valence-electron chi connectivity index (χ0n) is 37.2. The Morgan fingerprint density at radius 1 is 1.05 bits per heavy atom. The van der Waals surface area contributed by atoms with Gasteiger partial charge in [0.05, 0.1) is 40.9 Å². The highest BCUT2D eigenvalue weighted by atomic mass is 19.1. The first kappa shape index (κ1) is 42.5. The average molecular weight is 871 g/mol. The van der Waals surface area contributed by atoms with Gasteiger partial charge in [0, 0.05) is 61.2 Å². The molecule has 0 spiro atoms. The van der Waals surface area contributed by atoms with Gasteiger partial charge in [0.15, 0.2) is 5.82 Å². The van der Waals surface area contributed by atoms with Crippen LogP contribution in [0.3, 0.4) is 0 Å². The lowest BCUT2D eigenvalue weighted by Crippen LogP contribution is -2.55. The van der Waals surface area contributed by atoms with Gasteiger partial charge in [0.2, 0.25) is 17.7 Å². The summed E-state index contributed by atoms with van der Waals surface area (Å²) in [5.74, 6) is -1.03. The fourth-order valence-electron chi connectivity index (χ4n) is 9.22. The molecule has 2 saturated heterocycles. The van der Waals surface area contributed by atoms with Crippen molar-refractivity contribution in [1.29, 1.82) is 0 Å². The van der Waals surface area contributed by atoms with Crippen molar-refractivity contribution in [3.63, 3.8) is 0 Å². The molecule has 0 saturated carbocycles. The molecule has 0 bridgehead atoms. The van der Waals surface area contributed by atoms with Crippen LogP contribution in [0.4, 0.5) is 15.8 Å². The van der Waals surface area contributed by atoms with Gasteiger partial charge in [0.25, 0.3) is 0 Å². The Morgan fingerprint density at radius 3 is 2.52 bits per heavy atom. The maximum absolute atomic E-state index is 16.2. The monoisotopic (exact) mass is 870 g/mol. The van der Waals surface area contributed by atoms with Gasteiger partial charge in [-0.05, 0) is 86.7 Å². The van der Waals surface area contributed by atoms with E-state index >= 15 is 4.39 Å². The number of nitrogens with one attached hydrogen (secondary N) is 3. The summed E-state index contributed by atoms with van der Waals surface area (Å²) in [6, 6.07) is 11.9. The van der Waals surface area contributed by atoms with Gasteiger partial charge in [-0.2, -0.15) is 4.98 Å². The molecule has 3 N–H and O–H groups in total. The molecule has 17 heteroatoms. The minimum Gasteiger partial charge on any atom is -0.495 e. The Bertz CT molecular complexity index is 2890. The van der Waals surface area contributed by atoms with Crippen molar-refractivity contribution in [2.75, 3.05) is 43.1 Å². The molecule has 3 aromatic carbocycles. The lowest BCUT2D eigenvalue weighted by Gasteiger charge is -2.36. The first-order chi connectivity index (χ1) is 30.4. The molecule has 0 radical (unpaired) electrons. The molecule has 3 aliphatic heterocycles. The third-order valence-corrected chi connectivity index (χ3v) is 12.8. The van der Waals surface area contributed by atoms with Crippen LogP contribution in [0.2, 0.25) is 0 Å². The van der Waals surface area contributed by atoms with E-state index < -0.39 is 40.5 Å². The number of ether oxygens (including phenoxy) is 1. The second-order valence-corrected chi connectivity index (χ2v) is 18.6. The average Bonchev–Trinajstić information content (AvgIpc) is 3.95. The van der Waals surface area contributed by atoms with Crippen LogP contribution in [0, 0.1) is 12.7 Å². The summed E-state index contributed by atoms with van der Waals surface area (Å²) in [6.45, 7) is 16.9. The van der Waals surface area contributed by atoms with E-state index in [1.165, 1.54) is 12.4 Å². The molecule has 0 aliphatic carbocycles. The highest BCUT2D eigenvalue weighted by molar-refractivity contribution is 6.14. The number of carbonyl (C=O) groups is 4. The van der Waals surface area contributed by atoms with Crippen molar-refractivity contribution in [1.82, 2.24) is 40.6 Å². The number of anilines is 2. The fraction of sp³-hybridized carbons (Fsp3) is 0.404. The van der Waals surface area contributed by atoms with Crippen molar-refractivity contribution in [2.24, 2.45) is 0 Å². The van der Waals surface area contributed by atoms with Gasteiger partial charge in [0.1, 0.15) is 29.6 Å². The summed E-state index contributed by atoms with van der Waals surface area (Å²) >= 11 is 0. The van der Waals surface area contributed by atoms with Crippen molar-refractivity contribution >= 4 is 56.9 Å². The summed E-state index contributed by atoms with van der Waals surface area (Å²) in [7, 11) is 1.64. The molecule has 332 valence electrons. The Labute approximate surface area is 368 Å². The zero-order valence-corrected chi connectivity index (χ0v) is 37.2. The fourth-order valence-corrected chi connectivity index (χ4v) is 9.22. The summed E-state index contributed by atoms with van der Waals surface area (Å²) in [6.07, 6.45) is 1.91. The molecule has 16 nitrogen and oxygen atoms in total. The molecular formula is C47H51FN10O6. The van der Waals surface area contributed by atoms with E-state index in [9.17, 15) is 19.2 Å². The van der Waals surface area contributed by atoms with E-state index in [0.717, 1.165) is 65.1 Å². The number of nitrogens with zero attached hydrogens (tertiary/aromatic N) is 7. The number of methoxy groups -OCH3 is 1. The minimum atomic E-state index is -0.817. The third-order valence-electron chi connectivity index (χ3n) is 12.8. The van der Waals surface area contributed by atoms with Crippen LogP contribution in [0.25, 0.3) is 33.2 Å². The van der Waals surface area contributed by atoms with Gasteiger partial charge in [-0.25, -0.2) is 14.4 Å². The molecule has 2 atom stereocenters. The van der Waals surface area contributed by atoms with Crippen LogP contribution in [0.5, 0.6) is 5.75 Å². The Hall–Kier alpha value is -6.75. The number of H-pyrrole nitrogens is 1. The van der Waals surface area contributed by atoms with Crippen LogP contribution in [0.15, 0.2) is 53.3 Å². The number of fused-ring (bicyclic) bond motifs is 4. The molecule has 2 fully saturated rings.